The van der Waals surface area contributed by atoms with Gasteiger partial charge in [-0.3, -0.25) is 0 Å². The van der Waals surface area contributed by atoms with Gasteiger partial charge in [-0.2, -0.15) is 0 Å². The van der Waals surface area contributed by atoms with Crippen LogP contribution in [-0.4, -0.2) is 15.0 Å². The highest BCUT2D eigenvalue weighted by Gasteiger charge is 2.20. The monoisotopic (exact) mass is 708 g/mol. The molecule has 0 N–H and O–H groups in total. The first-order chi connectivity index (χ1) is 30.1. The van der Waals surface area contributed by atoms with E-state index in [2.05, 4.69) is 54.6 Å². The zero-order chi connectivity index (χ0) is 42.4. The summed E-state index contributed by atoms with van der Waals surface area (Å²) >= 11 is 0. The van der Waals surface area contributed by atoms with E-state index in [-0.39, 0.29) is 28.4 Å². The predicted molar refractivity (Wildman–Crippen MR) is 227 cm³/mol. The third kappa shape index (κ3) is 5.51. The molecule has 0 fully saturated rings. The summed E-state index contributed by atoms with van der Waals surface area (Å²) in [7, 11) is 0. The summed E-state index contributed by atoms with van der Waals surface area (Å²) in [6.07, 6.45) is 0. The molecule has 2 aromatic heterocycles. The molecular formula is C51H31N3O. The molecule has 0 saturated heterocycles. The van der Waals surface area contributed by atoms with E-state index in [9.17, 15) is 2.74 Å². The lowest BCUT2D eigenvalue weighted by atomic mass is 9.96. The van der Waals surface area contributed by atoms with E-state index >= 15 is 0 Å². The molecule has 0 unspecified atom stereocenters. The molecule has 0 amide bonds. The first kappa shape index (κ1) is 24.7. The van der Waals surface area contributed by atoms with Gasteiger partial charge in [-0.25, -0.2) is 15.0 Å². The number of hydrogen-bond donors (Lipinski definition) is 0. The van der Waals surface area contributed by atoms with E-state index < -0.39 is 30.2 Å². The topological polar surface area (TPSA) is 51.8 Å². The summed E-state index contributed by atoms with van der Waals surface area (Å²) < 4.78 is 67.9. The van der Waals surface area contributed by atoms with Crippen LogP contribution in [0.3, 0.4) is 0 Å². The van der Waals surface area contributed by atoms with Crippen molar-refractivity contribution in [3.63, 3.8) is 0 Å². The van der Waals surface area contributed by atoms with Gasteiger partial charge in [0.15, 0.2) is 17.5 Å². The Bertz CT molecular complexity index is 3680. The zero-order valence-corrected chi connectivity index (χ0v) is 29.1. The summed E-state index contributed by atoms with van der Waals surface area (Å²) in [5.41, 5.74) is 5.68. The Balaban J connectivity index is 1.18. The molecule has 256 valence electrons. The van der Waals surface area contributed by atoms with E-state index in [1.54, 1.807) is 12.1 Å². The minimum atomic E-state index is -0.523. The normalized spacial score (nSPS) is 13.4. The van der Waals surface area contributed by atoms with E-state index in [1.807, 2.05) is 78.9 Å². The van der Waals surface area contributed by atoms with Crippen LogP contribution < -0.4 is 0 Å². The van der Waals surface area contributed by atoms with Crippen LogP contribution in [0.15, 0.2) is 192 Å². The van der Waals surface area contributed by atoms with Crippen molar-refractivity contribution in [1.82, 2.24) is 15.0 Å². The fraction of sp³-hybridized carbons (Fsp3) is 0. The van der Waals surface area contributed by atoms with Crippen molar-refractivity contribution in [2.24, 2.45) is 0 Å². The largest absolute Gasteiger partial charge is 0.456 e. The van der Waals surface area contributed by atoms with Crippen molar-refractivity contribution in [2.45, 2.75) is 0 Å². The Labute approximate surface area is 326 Å². The third-order valence-electron chi connectivity index (χ3n) is 10.1. The molecule has 0 aliphatic rings. The van der Waals surface area contributed by atoms with Crippen LogP contribution in [0, 0.1) is 0 Å². The second-order valence-corrected chi connectivity index (χ2v) is 13.5. The zero-order valence-electron chi connectivity index (χ0n) is 36.1. The van der Waals surface area contributed by atoms with Crippen LogP contribution in [0.5, 0.6) is 0 Å². The van der Waals surface area contributed by atoms with Crippen molar-refractivity contribution in [1.29, 1.82) is 0 Å². The minimum Gasteiger partial charge on any atom is -0.456 e. The molecule has 0 aliphatic carbocycles. The van der Waals surface area contributed by atoms with Crippen LogP contribution in [0.4, 0.5) is 0 Å². The Morgan fingerprint density at radius 3 is 1.80 bits per heavy atom. The number of fused-ring (bicyclic) bond motifs is 6. The van der Waals surface area contributed by atoms with Crippen molar-refractivity contribution in [3.8, 4) is 56.4 Å². The number of furan rings is 1. The molecule has 0 spiro atoms. The van der Waals surface area contributed by atoms with Gasteiger partial charge < -0.3 is 4.42 Å². The van der Waals surface area contributed by atoms with Gasteiger partial charge in [0.05, 0.1) is 9.60 Å². The fourth-order valence-corrected chi connectivity index (χ4v) is 7.38. The number of benzene rings is 9. The lowest BCUT2D eigenvalue weighted by molar-refractivity contribution is 0.669. The number of rotatable bonds is 5. The SMILES string of the molecule is [2H]c1c([2H])c([2H])c2c([2H])c(-c3cc(-c4nc(-c5ccc6ccccc6c5)nc(-c5ccc6cc(-c7ccccc7)ccc6c5)n4)c4c(c3)oc3ccccc34)c([2H])c([2H])c2c1[2H]. The van der Waals surface area contributed by atoms with Crippen LogP contribution in [-0.2, 0) is 0 Å². The summed E-state index contributed by atoms with van der Waals surface area (Å²) in [4.78, 5) is 15.4. The van der Waals surface area contributed by atoms with Gasteiger partial charge in [0, 0.05) is 27.5 Å². The average Bonchev–Trinajstić information content (AvgIpc) is 3.69. The highest BCUT2D eigenvalue weighted by molar-refractivity contribution is 6.13. The van der Waals surface area contributed by atoms with Crippen molar-refractivity contribution >= 4 is 54.3 Å². The molecule has 0 saturated carbocycles. The number of nitrogens with zero attached hydrogens (tertiary/aromatic N) is 3. The lowest BCUT2D eigenvalue weighted by Gasteiger charge is -2.12. The Morgan fingerprint density at radius 2 is 1.00 bits per heavy atom. The molecule has 4 heteroatoms. The molecule has 11 aromatic rings. The van der Waals surface area contributed by atoms with Crippen LogP contribution in [0.2, 0.25) is 0 Å². The van der Waals surface area contributed by atoms with Crippen molar-refractivity contribution in [2.75, 3.05) is 0 Å². The van der Waals surface area contributed by atoms with Gasteiger partial charge in [-0.15, -0.1) is 0 Å². The van der Waals surface area contributed by atoms with Gasteiger partial charge in [-0.05, 0) is 97.0 Å². The van der Waals surface area contributed by atoms with Gasteiger partial charge in [0.1, 0.15) is 11.2 Å². The second-order valence-electron chi connectivity index (χ2n) is 13.5. The molecule has 0 radical (unpaired) electrons. The molecule has 11 rings (SSSR count). The van der Waals surface area contributed by atoms with Crippen LogP contribution in [0.1, 0.15) is 9.60 Å². The average molecular weight is 709 g/mol. The van der Waals surface area contributed by atoms with Crippen LogP contribution >= 0.6 is 0 Å². The van der Waals surface area contributed by atoms with E-state index in [4.69, 9.17) is 26.2 Å². The predicted octanol–water partition coefficient (Wildman–Crippen LogP) is 13.6. The Hall–Kier alpha value is -7.43. The second kappa shape index (κ2) is 12.6. The molecule has 0 atom stereocenters. The Morgan fingerprint density at radius 1 is 0.382 bits per heavy atom. The highest BCUT2D eigenvalue weighted by Crippen LogP contribution is 2.40. The van der Waals surface area contributed by atoms with Gasteiger partial charge in [0.2, 0.25) is 0 Å². The summed E-state index contributed by atoms with van der Waals surface area (Å²) in [5, 5.41) is 5.35. The standard InChI is InChI=1S/C51H31N3O/c1-2-10-32(11-3-1)37-21-22-39-29-42(25-23-38(39)27-37)50-52-49(41-24-19-34-13-5-7-15-36(34)28-41)53-51(54-50)45-30-43(40-20-18-33-12-4-6-14-35(33)26-40)31-47-48(45)44-16-8-9-17-46(44)55-47/h1-31H/i4D,6D,12D,14D,18D,20D,26D. The highest BCUT2D eigenvalue weighted by atomic mass is 16.3. The third-order valence-corrected chi connectivity index (χ3v) is 10.1. The van der Waals surface area contributed by atoms with E-state index in [0.717, 1.165) is 49.2 Å². The van der Waals surface area contributed by atoms with Gasteiger partial charge >= 0.3 is 0 Å². The number of para-hydroxylation sites is 1. The van der Waals surface area contributed by atoms with Gasteiger partial charge in [-0.1, -0.05) is 145 Å². The summed E-state index contributed by atoms with van der Waals surface area (Å²) in [6.45, 7) is 0. The molecule has 2 heterocycles. The van der Waals surface area contributed by atoms with Crippen LogP contribution in [0.25, 0.3) is 111 Å². The summed E-state index contributed by atoms with van der Waals surface area (Å²) in [6, 6.07) is 45.0. The molecule has 0 bridgehead atoms. The first-order valence-electron chi connectivity index (χ1n) is 21.4. The maximum absolute atomic E-state index is 9.37. The molecule has 0 aliphatic heterocycles. The molecule has 9 aromatic carbocycles. The van der Waals surface area contributed by atoms with Gasteiger partial charge in [0.25, 0.3) is 0 Å². The minimum absolute atomic E-state index is 0.0181. The van der Waals surface area contributed by atoms with E-state index in [1.165, 1.54) is 0 Å². The molecule has 55 heavy (non-hydrogen) atoms. The lowest BCUT2D eigenvalue weighted by Crippen LogP contribution is -2.01. The van der Waals surface area contributed by atoms with Crippen molar-refractivity contribution in [3.05, 3.63) is 188 Å². The quantitative estimate of drug-likeness (QED) is 0.179. The van der Waals surface area contributed by atoms with Crippen molar-refractivity contribution < 1.29 is 14.0 Å². The molecule has 4 nitrogen and oxygen atoms in total. The maximum atomic E-state index is 9.37. The fourth-order valence-electron chi connectivity index (χ4n) is 7.38. The summed E-state index contributed by atoms with van der Waals surface area (Å²) in [5.74, 6) is 1.16. The maximum Gasteiger partial charge on any atom is 0.164 e. The first-order valence-corrected chi connectivity index (χ1v) is 17.9. The molecular weight excluding hydrogens is 671 g/mol. The number of aromatic nitrogens is 3. The Kier molecular flexibility index (Phi) is 5.67. The number of hydrogen-bond acceptors (Lipinski definition) is 4. The van der Waals surface area contributed by atoms with E-state index in [0.29, 0.717) is 45.2 Å². The smallest absolute Gasteiger partial charge is 0.164 e.